The van der Waals surface area contributed by atoms with E-state index >= 15 is 0 Å². The predicted octanol–water partition coefficient (Wildman–Crippen LogP) is 1.13. The summed E-state index contributed by atoms with van der Waals surface area (Å²) in [4.78, 5) is 11.4. The fourth-order valence-electron chi connectivity index (χ4n) is 1.91. The third-order valence-electron chi connectivity index (χ3n) is 2.77. The minimum Gasteiger partial charge on any atom is -0.292 e. The van der Waals surface area contributed by atoms with Gasteiger partial charge < -0.3 is 0 Å². The second-order valence-electron chi connectivity index (χ2n) is 3.84. The lowest BCUT2D eigenvalue weighted by Crippen LogP contribution is -2.13. The van der Waals surface area contributed by atoms with E-state index in [9.17, 15) is 4.79 Å². The SMILES string of the molecule is O=C1CCCc2c1nnn2C1CC1. The summed E-state index contributed by atoms with van der Waals surface area (Å²) < 4.78 is 1.96. The Morgan fingerprint density at radius 1 is 1.31 bits per heavy atom. The lowest BCUT2D eigenvalue weighted by molar-refractivity contribution is 0.0967. The van der Waals surface area contributed by atoms with E-state index in [2.05, 4.69) is 10.3 Å². The Bertz CT molecular complexity index is 365. The normalized spacial score (nSPS) is 21.7. The standard InChI is InChI=1S/C9H11N3O/c13-8-3-1-2-7-9(8)10-11-12(7)6-4-5-6/h6H,1-5H2. The average molecular weight is 177 g/mol. The molecule has 4 nitrogen and oxygen atoms in total. The first-order chi connectivity index (χ1) is 6.36. The number of ketones is 1. The lowest BCUT2D eigenvalue weighted by Gasteiger charge is -2.10. The zero-order valence-corrected chi connectivity index (χ0v) is 7.36. The van der Waals surface area contributed by atoms with Crippen LogP contribution < -0.4 is 0 Å². The number of hydrogen-bond donors (Lipinski definition) is 0. The van der Waals surface area contributed by atoms with Crippen molar-refractivity contribution < 1.29 is 4.79 Å². The fraction of sp³-hybridized carbons (Fsp3) is 0.667. The molecule has 1 heterocycles. The van der Waals surface area contributed by atoms with Crippen LogP contribution in [-0.2, 0) is 6.42 Å². The number of fused-ring (bicyclic) bond motifs is 1. The maximum Gasteiger partial charge on any atom is 0.185 e. The Kier molecular flexibility index (Phi) is 1.34. The van der Waals surface area contributed by atoms with E-state index in [0.717, 1.165) is 18.5 Å². The summed E-state index contributed by atoms with van der Waals surface area (Å²) in [5.74, 6) is 0.174. The van der Waals surface area contributed by atoms with E-state index in [-0.39, 0.29) is 5.78 Å². The van der Waals surface area contributed by atoms with Crippen LogP contribution in [0.25, 0.3) is 0 Å². The summed E-state index contributed by atoms with van der Waals surface area (Å²) in [6.07, 6.45) is 4.99. The molecule has 0 aromatic carbocycles. The zero-order chi connectivity index (χ0) is 8.84. The molecule has 3 rings (SSSR count). The van der Waals surface area contributed by atoms with Crippen LogP contribution in [0.4, 0.5) is 0 Å². The number of hydrogen-bond acceptors (Lipinski definition) is 3. The molecule has 0 aliphatic heterocycles. The molecule has 1 saturated carbocycles. The van der Waals surface area contributed by atoms with Gasteiger partial charge in [-0.2, -0.15) is 0 Å². The number of carbonyl (C=O) groups is 1. The Hall–Kier alpha value is -1.19. The third-order valence-corrected chi connectivity index (χ3v) is 2.77. The van der Waals surface area contributed by atoms with Crippen molar-refractivity contribution in [1.82, 2.24) is 15.0 Å². The van der Waals surface area contributed by atoms with Gasteiger partial charge in [-0.3, -0.25) is 4.79 Å². The molecule has 0 unspecified atom stereocenters. The molecule has 0 bridgehead atoms. The van der Waals surface area contributed by atoms with Crippen molar-refractivity contribution in [3.63, 3.8) is 0 Å². The largest absolute Gasteiger partial charge is 0.292 e. The summed E-state index contributed by atoms with van der Waals surface area (Å²) in [7, 11) is 0. The highest BCUT2D eigenvalue weighted by molar-refractivity contribution is 5.96. The molecular formula is C9H11N3O. The number of aromatic nitrogens is 3. The number of carbonyl (C=O) groups excluding carboxylic acids is 1. The molecule has 0 atom stereocenters. The minimum atomic E-state index is 0.174. The van der Waals surface area contributed by atoms with Gasteiger partial charge >= 0.3 is 0 Å². The first-order valence-electron chi connectivity index (χ1n) is 4.83. The zero-order valence-electron chi connectivity index (χ0n) is 7.36. The Labute approximate surface area is 75.9 Å². The molecule has 1 fully saturated rings. The van der Waals surface area contributed by atoms with Crippen LogP contribution in [-0.4, -0.2) is 20.8 Å². The van der Waals surface area contributed by atoms with E-state index in [1.54, 1.807) is 0 Å². The van der Waals surface area contributed by atoms with Gasteiger partial charge in [0.25, 0.3) is 0 Å². The van der Waals surface area contributed by atoms with Crippen LogP contribution in [0.5, 0.6) is 0 Å². The molecule has 0 spiro atoms. The Morgan fingerprint density at radius 2 is 2.15 bits per heavy atom. The summed E-state index contributed by atoms with van der Waals surface area (Å²) >= 11 is 0. The molecule has 13 heavy (non-hydrogen) atoms. The van der Waals surface area contributed by atoms with Gasteiger partial charge in [-0.05, 0) is 25.7 Å². The van der Waals surface area contributed by atoms with Gasteiger partial charge in [0.2, 0.25) is 0 Å². The van der Waals surface area contributed by atoms with Crippen molar-refractivity contribution in [3.8, 4) is 0 Å². The van der Waals surface area contributed by atoms with Crippen LogP contribution in [0, 0.1) is 0 Å². The average Bonchev–Trinajstić information content (AvgIpc) is 2.87. The van der Waals surface area contributed by atoms with Crippen LogP contribution in [0.15, 0.2) is 0 Å². The van der Waals surface area contributed by atoms with Crippen LogP contribution in [0.2, 0.25) is 0 Å². The van der Waals surface area contributed by atoms with Crippen molar-refractivity contribution >= 4 is 5.78 Å². The summed E-state index contributed by atoms with van der Waals surface area (Å²) in [5, 5.41) is 8.02. The number of Topliss-reactive ketones (excluding diaryl/α,β-unsaturated/α-hetero) is 1. The molecule has 1 aromatic heterocycles. The topological polar surface area (TPSA) is 47.8 Å². The monoisotopic (exact) mass is 177 g/mol. The van der Waals surface area contributed by atoms with E-state index < -0.39 is 0 Å². The lowest BCUT2D eigenvalue weighted by atomic mass is 10.00. The quantitative estimate of drug-likeness (QED) is 0.646. The summed E-state index contributed by atoms with van der Waals surface area (Å²) in [6.45, 7) is 0. The van der Waals surface area contributed by atoms with E-state index in [1.807, 2.05) is 4.68 Å². The van der Waals surface area contributed by atoms with Gasteiger partial charge in [-0.25, -0.2) is 4.68 Å². The van der Waals surface area contributed by atoms with Crippen molar-refractivity contribution in [2.45, 2.75) is 38.1 Å². The van der Waals surface area contributed by atoms with Gasteiger partial charge in [0.1, 0.15) is 0 Å². The molecule has 0 amide bonds. The highest BCUT2D eigenvalue weighted by atomic mass is 16.1. The van der Waals surface area contributed by atoms with Gasteiger partial charge in [0.15, 0.2) is 11.5 Å². The molecule has 68 valence electrons. The van der Waals surface area contributed by atoms with Gasteiger partial charge in [0, 0.05) is 6.42 Å². The summed E-state index contributed by atoms with van der Waals surface area (Å²) in [6, 6.07) is 0.544. The van der Waals surface area contributed by atoms with Gasteiger partial charge in [-0.1, -0.05) is 5.21 Å². The van der Waals surface area contributed by atoms with Crippen molar-refractivity contribution in [1.29, 1.82) is 0 Å². The van der Waals surface area contributed by atoms with E-state index in [1.165, 1.54) is 12.8 Å². The van der Waals surface area contributed by atoms with Crippen molar-refractivity contribution in [2.75, 3.05) is 0 Å². The highest BCUT2D eigenvalue weighted by Crippen LogP contribution is 2.36. The predicted molar refractivity (Wildman–Crippen MR) is 45.6 cm³/mol. The maximum absolute atomic E-state index is 11.4. The minimum absolute atomic E-state index is 0.174. The second-order valence-corrected chi connectivity index (χ2v) is 3.84. The van der Waals surface area contributed by atoms with Crippen LogP contribution >= 0.6 is 0 Å². The molecule has 0 N–H and O–H groups in total. The van der Waals surface area contributed by atoms with Crippen LogP contribution in [0.1, 0.15) is 47.9 Å². The number of rotatable bonds is 1. The first-order valence-corrected chi connectivity index (χ1v) is 4.83. The molecule has 2 aliphatic carbocycles. The molecule has 4 heteroatoms. The van der Waals surface area contributed by atoms with E-state index in [4.69, 9.17) is 0 Å². The summed E-state index contributed by atoms with van der Waals surface area (Å²) in [5.41, 5.74) is 1.72. The Morgan fingerprint density at radius 3 is 2.92 bits per heavy atom. The van der Waals surface area contributed by atoms with Gasteiger partial charge in [0.05, 0.1) is 11.7 Å². The van der Waals surface area contributed by atoms with Crippen LogP contribution in [0.3, 0.4) is 0 Å². The molecule has 2 aliphatic rings. The first kappa shape index (κ1) is 7.24. The highest BCUT2D eigenvalue weighted by Gasteiger charge is 2.31. The molecular weight excluding hydrogens is 166 g/mol. The molecule has 0 saturated heterocycles. The third kappa shape index (κ3) is 1.01. The molecule has 0 radical (unpaired) electrons. The van der Waals surface area contributed by atoms with Crippen molar-refractivity contribution in [3.05, 3.63) is 11.4 Å². The second kappa shape index (κ2) is 2.40. The maximum atomic E-state index is 11.4. The van der Waals surface area contributed by atoms with E-state index in [0.29, 0.717) is 18.2 Å². The fourth-order valence-corrected chi connectivity index (χ4v) is 1.91. The molecule has 1 aromatic rings. The Balaban J connectivity index is 2.09. The smallest absolute Gasteiger partial charge is 0.185 e. The van der Waals surface area contributed by atoms with Gasteiger partial charge in [-0.15, -0.1) is 5.10 Å². The van der Waals surface area contributed by atoms with Crippen molar-refractivity contribution in [2.24, 2.45) is 0 Å². The number of nitrogens with zero attached hydrogens (tertiary/aromatic N) is 3.